The molecule has 2 fully saturated rings. The summed E-state index contributed by atoms with van der Waals surface area (Å²) in [5.41, 5.74) is 1.52. The molecule has 0 radical (unpaired) electrons. The van der Waals surface area contributed by atoms with Crippen LogP contribution in [0.2, 0.25) is 0 Å². The number of hydrogen-bond donors (Lipinski definition) is 3. The van der Waals surface area contributed by atoms with Crippen LogP contribution < -0.4 is 10.6 Å². The number of morpholine rings is 1. The number of rotatable bonds is 7. The zero-order valence-corrected chi connectivity index (χ0v) is 20.6. The van der Waals surface area contributed by atoms with Crippen molar-refractivity contribution in [3.05, 3.63) is 36.2 Å². The van der Waals surface area contributed by atoms with Crippen LogP contribution in [0, 0.1) is 0 Å². The maximum absolute atomic E-state index is 13.0. The summed E-state index contributed by atoms with van der Waals surface area (Å²) in [6.07, 6.45) is 8.44. The van der Waals surface area contributed by atoms with Gasteiger partial charge in [0.1, 0.15) is 0 Å². The predicted molar refractivity (Wildman–Crippen MR) is 135 cm³/mol. The summed E-state index contributed by atoms with van der Waals surface area (Å²) in [5.74, 6) is 0.635. The molecule has 3 N–H and O–H groups in total. The molecule has 1 aliphatic heterocycles. The van der Waals surface area contributed by atoms with Gasteiger partial charge in [0.05, 0.1) is 29.5 Å². The van der Waals surface area contributed by atoms with E-state index in [0.717, 1.165) is 39.5 Å². The van der Waals surface area contributed by atoms with Crippen LogP contribution >= 0.6 is 23.1 Å². The quantitative estimate of drug-likeness (QED) is 0.421. The monoisotopic (exact) mass is 500 g/mol. The van der Waals surface area contributed by atoms with Crippen molar-refractivity contribution < 1.29 is 14.6 Å². The first-order valence-corrected chi connectivity index (χ1v) is 13.5. The van der Waals surface area contributed by atoms with Crippen LogP contribution in [0.5, 0.6) is 0 Å². The first-order chi connectivity index (χ1) is 16.6. The van der Waals surface area contributed by atoms with Gasteiger partial charge in [-0.3, -0.25) is 4.79 Å². The summed E-state index contributed by atoms with van der Waals surface area (Å²) in [6.45, 7) is 1.31. The Kier molecular flexibility index (Phi) is 7.14. The van der Waals surface area contributed by atoms with Gasteiger partial charge in [0, 0.05) is 48.0 Å². The molecule has 34 heavy (non-hydrogen) atoms. The van der Waals surface area contributed by atoms with Crippen LogP contribution in [-0.4, -0.2) is 81.6 Å². The van der Waals surface area contributed by atoms with Gasteiger partial charge in [0.25, 0.3) is 5.91 Å². The van der Waals surface area contributed by atoms with Gasteiger partial charge in [-0.05, 0) is 43.7 Å². The molecule has 1 aliphatic carbocycles. The highest BCUT2D eigenvalue weighted by Crippen LogP contribution is 2.31. The molecule has 180 valence electrons. The molecule has 2 aromatic heterocycles. The van der Waals surface area contributed by atoms with Gasteiger partial charge >= 0.3 is 0 Å². The molecule has 1 amide bonds. The number of carbonyl (C=O) groups is 1. The number of carbonyl (C=O) groups excluding carboxylic acids is 1. The lowest BCUT2D eigenvalue weighted by Gasteiger charge is -2.32. The first kappa shape index (κ1) is 23.3. The minimum atomic E-state index is -0.313. The zero-order valence-electron chi connectivity index (χ0n) is 18.9. The highest BCUT2D eigenvalue weighted by Gasteiger charge is 2.27. The highest BCUT2D eigenvalue weighted by atomic mass is 32.2. The van der Waals surface area contributed by atoms with Gasteiger partial charge in [0.15, 0.2) is 5.13 Å². The van der Waals surface area contributed by atoms with Crippen LogP contribution in [-0.2, 0) is 4.74 Å². The second kappa shape index (κ2) is 10.4. The molecule has 3 aromatic rings. The number of benzene rings is 1. The number of aromatic nitrogens is 3. The molecule has 1 saturated carbocycles. The number of amides is 1. The fourth-order valence-corrected chi connectivity index (χ4v) is 5.71. The van der Waals surface area contributed by atoms with Crippen molar-refractivity contribution in [3.63, 3.8) is 0 Å². The fourth-order valence-electron chi connectivity index (χ4n) is 4.41. The van der Waals surface area contributed by atoms with Crippen molar-refractivity contribution >= 4 is 50.3 Å². The molecule has 0 bridgehead atoms. The lowest BCUT2D eigenvalue weighted by Crippen LogP contribution is -2.46. The Bertz CT molecular complexity index is 1140. The molecular weight excluding hydrogens is 472 g/mol. The van der Waals surface area contributed by atoms with Crippen LogP contribution in [0.3, 0.4) is 0 Å². The molecular formula is C23H28N6O3S2. The van der Waals surface area contributed by atoms with Gasteiger partial charge in [-0.2, -0.15) is 0 Å². The van der Waals surface area contributed by atoms with Crippen molar-refractivity contribution in [2.75, 3.05) is 43.2 Å². The number of fused-ring (bicyclic) bond motifs is 1. The number of thioether (sulfide) groups is 1. The Hall–Kier alpha value is -2.47. The summed E-state index contributed by atoms with van der Waals surface area (Å²) in [7, 11) is 0. The summed E-state index contributed by atoms with van der Waals surface area (Å²) < 4.78 is 6.44. The molecule has 1 saturated heterocycles. The molecule has 0 spiro atoms. The fraction of sp³-hybridized carbons (Fsp3) is 0.478. The zero-order chi connectivity index (χ0) is 23.5. The summed E-state index contributed by atoms with van der Waals surface area (Å²) in [5, 5.41) is 17.2. The number of hydrogen-bond acceptors (Lipinski definition) is 10. The Morgan fingerprint density at radius 3 is 2.82 bits per heavy atom. The van der Waals surface area contributed by atoms with Crippen molar-refractivity contribution in [3.8, 4) is 0 Å². The standard InChI is InChI=1S/C23H28N6O3S2/c1-33-18-10-24-22(25-11-18)26-15-3-4-16(9-15)27-23-28-19-5-2-14(8-20(19)34-23)21(31)29-6-7-32-17(12-29)13-30/h2,5,8,10-11,15-17,30H,3-4,6-7,9,12-13H2,1H3,(H,27,28)(H,24,25,26)/t15-,16-,17?/m0/s1. The lowest BCUT2D eigenvalue weighted by atomic mass is 10.1. The van der Waals surface area contributed by atoms with Gasteiger partial charge in [-0.25, -0.2) is 15.0 Å². The van der Waals surface area contributed by atoms with E-state index in [2.05, 4.69) is 20.6 Å². The van der Waals surface area contributed by atoms with Crippen LogP contribution in [0.15, 0.2) is 35.5 Å². The number of aliphatic hydroxyl groups excluding tert-OH is 1. The number of ether oxygens (including phenoxy) is 1. The smallest absolute Gasteiger partial charge is 0.254 e. The van der Waals surface area contributed by atoms with Crippen LogP contribution in [0.1, 0.15) is 29.6 Å². The highest BCUT2D eigenvalue weighted by molar-refractivity contribution is 7.98. The second-order valence-electron chi connectivity index (χ2n) is 8.57. The van der Waals surface area contributed by atoms with Gasteiger partial charge in [0.2, 0.25) is 5.95 Å². The van der Waals surface area contributed by atoms with E-state index in [1.165, 1.54) is 0 Å². The van der Waals surface area contributed by atoms with Crippen molar-refractivity contribution in [2.24, 2.45) is 0 Å². The summed E-state index contributed by atoms with van der Waals surface area (Å²) in [4.78, 5) is 29.3. The summed E-state index contributed by atoms with van der Waals surface area (Å²) >= 11 is 3.20. The van der Waals surface area contributed by atoms with E-state index in [-0.39, 0.29) is 18.6 Å². The van der Waals surface area contributed by atoms with E-state index >= 15 is 0 Å². The SMILES string of the molecule is CSc1cnc(N[C@H]2CC[C@H](Nc3nc4ccc(C(=O)N5CCOC(CO)C5)cc4s3)C2)nc1. The third-order valence-electron chi connectivity index (χ3n) is 6.22. The number of nitrogens with zero attached hydrogens (tertiary/aromatic N) is 4. The van der Waals surface area contributed by atoms with E-state index in [1.807, 2.05) is 36.8 Å². The van der Waals surface area contributed by atoms with E-state index in [9.17, 15) is 9.90 Å². The second-order valence-corrected chi connectivity index (χ2v) is 10.5. The van der Waals surface area contributed by atoms with Crippen LogP contribution in [0.25, 0.3) is 10.2 Å². The average molecular weight is 501 g/mol. The molecule has 5 rings (SSSR count). The topological polar surface area (TPSA) is 112 Å². The molecule has 1 aromatic carbocycles. The van der Waals surface area contributed by atoms with E-state index < -0.39 is 0 Å². The first-order valence-electron chi connectivity index (χ1n) is 11.4. The Morgan fingerprint density at radius 2 is 2.06 bits per heavy atom. The minimum absolute atomic E-state index is 0.0379. The third kappa shape index (κ3) is 5.27. The number of thiazole rings is 1. The average Bonchev–Trinajstić information content (AvgIpc) is 3.49. The van der Waals surface area contributed by atoms with Crippen molar-refractivity contribution in [1.29, 1.82) is 0 Å². The van der Waals surface area contributed by atoms with Crippen molar-refractivity contribution in [1.82, 2.24) is 19.9 Å². The number of aliphatic hydroxyl groups is 1. The minimum Gasteiger partial charge on any atom is -0.394 e. The van der Waals surface area contributed by atoms with Gasteiger partial charge < -0.3 is 25.4 Å². The van der Waals surface area contributed by atoms with E-state index in [1.54, 1.807) is 28.0 Å². The van der Waals surface area contributed by atoms with Crippen LogP contribution in [0.4, 0.5) is 11.1 Å². The van der Waals surface area contributed by atoms with E-state index in [0.29, 0.717) is 43.3 Å². The normalized spacial score (nSPS) is 22.8. The Balaban J connectivity index is 1.20. The Morgan fingerprint density at radius 1 is 1.26 bits per heavy atom. The Labute approximate surface area is 206 Å². The van der Waals surface area contributed by atoms with Gasteiger partial charge in [-0.15, -0.1) is 11.8 Å². The third-order valence-corrected chi connectivity index (χ3v) is 7.85. The molecule has 1 unspecified atom stereocenters. The van der Waals surface area contributed by atoms with E-state index in [4.69, 9.17) is 9.72 Å². The number of anilines is 2. The van der Waals surface area contributed by atoms with Crippen molar-refractivity contribution in [2.45, 2.75) is 42.3 Å². The molecule has 11 heteroatoms. The molecule has 3 atom stereocenters. The lowest BCUT2D eigenvalue weighted by molar-refractivity contribution is -0.0447. The molecule has 3 heterocycles. The maximum atomic E-state index is 13.0. The predicted octanol–water partition coefficient (Wildman–Crippen LogP) is 3.09. The maximum Gasteiger partial charge on any atom is 0.254 e. The largest absolute Gasteiger partial charge is 0.394 e. The summed E-state index contributed by atoms with van der Waals surface area (Å²) in [6, 6.07) is 6.30. The van der Waals surface area contributed by atoms with Gasteiger partial charge in [-0.1, -0.05) is 11.3 Å². The molecule has 9 nitrogen and oxygen atoms in total. The molecule has 2 aliphatic rings. The number of nitrogens with one attached hydrogen (secondary N) is 2.